The number of aliphatic hydroxyl groups excluding tert-OH is 1. The number of ether oxygens (including phenoxy) is 2. The smallest absolute Gasteiger partial charge is 0.328 e. The number of aromatic nitrogens is 4. The summed E-state index contributed by atoms with van der Waals surface area (Å²) >= 11 is 0. The predicted molar refractivity (Wildman–Crippen MR) is 115 cm³/mol. The van der Waals surface area contributed by atoms with E-state index in [1.807, 2.05) is 0 Å². The Morgan fingerprint density at radius 3 is 2.56 bits per heavy atom. The van der Waals surface area contributed by atoms with Crippen LogP contribution in [0.5, 0.6) is 0 Å². The Morgan fingerprint density at radius 2 is 1.97 bits per heavy atom. The van der Waals surface area contributed by atoms with Crippen LogP contribution < -0.4 is 22.3 Å². The summed E-state index contributed by atoms with van der Waals surface area (Å²) in [4.78, 5) is 46.9. The van der Waals surface area contributed by atoms with Crippen molar-refractivity contribution >= 4 is 29.0 Å². The second kappa shape index (κ2) is 11.0. The molecule has 13 nitrogen and oxygen atoms in total. The molecule has 0 radical (unpaired) electrons. The van der Waals surface area contributed by atoms with Gasteiger partial charge < -0.3 is 31.4 Å². The van der Waals surface area contributed by atoms with Gasteiger partial charge in [0, 0.05) is 0 Å². The van der Waals surface area contributed by atoms with Crippen LogP contribution in [0.2, 0.25) is 0 Å². The lowest BCUT2D eigenvalue weighted by Gasteiger charge is -2.25. The first-order valence-electron chi connectivity index (χ1n) is 10.2. The van der Waals surface area contributed by atoms with Crippen molar-refractivity contribution in [3.63, 3.8) is 0 Å². The van der Waals surface area contributed by atoms with Crippen molar-refractivity contribution in [2.45, 2.75) is 52.6 Å². The minimum absolute atomic E-state index is 0.0733. The van der Waals surface area contributed by atoms with E-state index in [0.29, 0.717) is 0 Å². The van der Waals surface area contributed by atoms with Gasteiger partial charge in [0.15, 0.2) is 11.2 Å². The molecule has 0 spiro atoms. The Kier molecular flexibility index (Phi) is 8.69. The zero-order chi connectivity index (χ0) is 24.0. The number of carbonyl (C=O) groups is 2. The molecule has 3 atom stereocenters. The van der Waals surface area contributed by atoms with Crippen LogP contribution in [0.15, 0.2) is 11.1 Å². The molecule has 0 aliphatic rings. The van der Waals surface area contributed by atoms with Crippen LogP contribution in [0.25, 0.3) is 11.2 Å². The van der Waals surface area contributed by atoms with Gasteiger partial charge in [-0.05, 0) is 11.8 Å². The molecule has 0 aliphatic heterocycles. The number of anilines is 1. The van der Waals surface area contributed by atoms with E-state index in [9.17, 15) is 19.5 Å². The minimum atomic E-state index is -0.900. The maximum Gasteiger partial charge on any atom is 0.328 e. The fourth-order valence-corrected chi connectivity index (χ4v) is 2.72. The summed E-state index contributed by atoms with van der Waals surface area (Å²) in [6.07, 6.45) is 0.479. The van der Waals surface area contributed by atoms with Gasteiger partial charge in [-0.1, -0.05) is 27.7 Å². The third kappa shape index (κ3) is 6.24. The molecule has 178 valence electrons. The molecule has 0 saturated heterocycles. The molecule has 2 rings (SSSR count). The first-order valence-corrected chi connectivity index (χ1v) is 10.2. The summed E-state index contributed by atoms with van der Waals surface area (Å²) in [6.45, 7) is 6.32. The number of aliphatic hydroxyl groups is 1. The zero-order valence-electron chi connectivity index (χ0n) is 18.6. The Labute approximate surface area is 184 Å². The largest absolute Gasteiger partial charge is 0.461 e. The fraction of sp³-hybridized carbons (Fsp3) is 0.632. The number of amides is 1. The summed E-state index contributed by atoms with van der Waals surface area (Å²) in [5.74, 6) is -1.52. The number of nitrogens with one attached hydrogen (secondary N) is 2. The van der Waals surface area contributed by atoms with Crippen molar-refractivity contribution in [2.24, 2.45) is 17.6 Å². The molecule has 1 amide bonds. The first kappa shape index (κ1) is 25.2. The van der Waals surface area contributed by atoms with Gasteiger partial charge in [-0.2, -0.15) is 4.98 Å². The highest BCUT2D eigenvalue weighted by Crippen LogP contribution is 2.09. The molecule has 0 aliphatic carbocycles. The first-order chi connectivity index (χ1) is 15.0. The van der Waals surface area contributed by atoms with Gasteiger partial charge in [0.05, 0.1) is 19.0 Å². The van der Waals surface area contributed by atoms with E-state index in [2.05, 4.69) is 20.3 Å². The second-order valence-electron chi connectivity index (χ2n) is 8.07. The highest BCUT2D eigenvalue weighted by Gasteiger charge is 2.29. The van der Waals surface area contributed by atoms with E-state index >= 15 is 0 Å². The van der Waals surface area contributed by atoms with Crippen LogP contribution >= 0.6 is 0 Å². The number of H-pyrrole nitrogens is 1. The highest BCUT2D eigenvalue weighted by atomic mass is 16.6. The normalized spacial score (nSPS) is 14.5. The van der Waals surface area contributed by atoms with Crippen LogP contribution in [-0.4, -0.2) is 67.9 Å². The van der Waals surface area contributed by atoms with Gasteiger partial charge in [-0.15, -0.1) is 0 Å². The summed E-state index contributed by atoms with van der Waals surface area (Å²) in [7, 11) is 0. The molecule has 2 aromatic heterocycles. The molecule has 2 aromatic rings. The molecule has 0 aromatic carbocycles. The van der Waals surface area contributed by atoms with Crippen LogP contribution in [0.3, 0.4) is 0 Å². The van der Waals surface area contributed by atoms with Gasteiger partial charge in [-0.3, -0.25) is 19.1 Å². The number of rotatable bonds is 11. The number of nitrogen functional groups attached to an aromatic ring is 1. The van der Waals surface area contributed by atoms with Crippen LogP contribution in [0, 0.1) is 11.8 Å². The van der Waals surface area contributed by atoms with Gasteiger partial charge in [0.2, 0.25) is 11.9 Å². The van der Waals surface area contributed by atoms with Gasteiger partial charge in [0.25, 0.3) is 5.56 Å². The minimum Gasteiger partial charge on any atom is -0.461 e. The molecule has 0 saturated carbocycles. The number of nitrogens with two attached hydrogens (primary N) is 2. The lowest BCUT2D eigenvalue weighted by Crippen LogP contribution is -2.52. The number of fused-ring (bicyclic) bond motifs is 1. The Balaban J connectivity index is 1.96. The highest BCUT2D eigenvalue weighted by molar-refractivity contribution is 5.87. The third-order valence-corrected chi connectivity index (χ3v) is 4.80. The van der Waals surface area contributed by atoms with E-state index < -0.39 is 42.2 Å². The van der Waals surface area contributed by atoms with Crippen molar-refractivity contribution in [3.05, 3.63) is 16.7 Å². The molecule has 1 unspecified atom stereocenters. The van der Waals surface area contributed by atoms with E-state index in [1.54, 1.807) is 27.7 Å². The van der Waals surface area contributed by atoms with E-state index in [1.165, 1.54) is 10.9 Å². The molecule has 0 fully saturated rings. The molecule has 0 bridgehead atoms. The third-order valence-electron chi connectivity index (χ3n) is 4.80. The SMILES string of the molecule is CC(C)[C@H](N)C(=O)N[C@H](C(=O)OCC(CO)OCn1cnc2c(=O)[nH]c(N)nc21)C(C)C. The average Bonchev–Trinajstić information content (AvgIpc) is 3.13. The standard InChI is InChI=1S/C19H31N7O6/c1-9(2)12(20)16(28)23-13(10(3)4)18(30)31-6-11(5-27)32-8-26-7-22-14-15(26)24-19(21)25-17(14)29/h7,9-13,27H,5-6,8,20H2,1-4H3,(H,23,28)(H3,21,24,25,29)/t11?,12-,13-/m0/s1. The maximum absolute atomic E-state index is 12.5. The quantitative estimate of drug-likeness (QED) is 0.255. The second-order valence-corrected chi connectivity index (χ2v) is 8.07. The number of hydrogen-bond donors (Lipinski definition) is 5. The van der Waals surface area contributed by atoms with Gasteiger partial charge >= 0.3 is 5.97 Å². The molecular formula is C19H31N7O6. The Bertz CT molecular complexity index is 986. The van der Waals surface area contributed by atoms with Crippen LogP contribution in [0.1, 0.15) is 27.7 Å². The van der Waals surface area contributed by atoms with Gasteiger partial charge in [0.1, 0.15) is 25.5 Å². The Hall–Kier alpha value is -3.03. The van der Waals surface area contributed by atoms with Crippen molar-refractivity contribution in [1.82, 2.24) is 24.8 Å². The molecule has 2 heterocycles. The number of hydrogen-bond acceptors (Lipinski definition) is 10. The summed E-state index contributed by atoms with van der Waals surface area (Å²) in [5.41, 5.74) is 11.2. The number of aromatic amines is 1. The van der Waals surface area contributed by atoms with E-state index in [4.69, 9.17) is 20.9 Å². The number of esters is 1. The lowest BCUT2D eigenvalue weighted by molar-refractivity contribution is -0.155. The molecular weight excluding hydrogens is 422 g/mol. The monoisotopic (exact) mass is 453 g/mol. The predicted octanol–water partition coefficient (Wildman–Crippen LogP) is -1.30. The zero-order valence-corrected chi connectivity index (χ0v) is 18.6. The van der Waals surface area contributed by atoms with Crippen molar-refractivity contribution < 1.29 is 24.2 Å². The molecule has 13 heteroatoms. The van der Waals surface area contributed by atoms with E-state index in [0.717, 1.165) is 0 Å². The summed E-state index contributed by atoms with van der Waals surface area (Å²) in [5, 5.41) is 12.2. The number of imidazole rings is 1. The van der Waals surface area contributed by atoms with Crippen LogP contribution in [0.4, 0.5) is 5.95 Å². The Morgan fingerprint density at radius 1 is 1.28 bits per heavy atom. The fourth-order valence-electron chi connectivity index (χ4n) is 2.72. The number of nitrogens with zero attached hydrogens (tertiary/aromatic N) is 3. The van der Waals surface area contributed by atoms with Gasteiger partial charge in [-0.25, -0.2) is 9.78 Å². The van der Waals surface area contributed by atoms with Crippen molar-refractivity contribution in [1.29, 1.82) is 0 Å². The molecule has 32 heavy (non-hydrogen) atoms. The van der Waals surface area contributed by atoms with E-state index in [-0.39, 0.29) is 42.3 Å². The average molecular weight is 454 g/mol. The van der Waals surface area contributed by atoms with Crippen molar-refractivity contribution in [2.75, 3.05) is 18.9 Å². The summed E-state index contributed by atoms with van der Waals surface area (Å²) in [6, 6.07) is -1.65. The van der Waals surface area contributed by atoms with Crippen molar-refractivity contribution in [3.8, 4) is 0 Å². The maximum atomic E-state index is 12.5. The topological polar surface area (TPSA) is 200 Å². The summed E-state index contributed by atoms with van der Waals surface area (Å²) < 4.78 is 12.2. The van der Waals surface area contributed by atoms with Crippen LogP contribution in [-0.2, 0) is 25.8 Å². The number of carbonyl (C=O) groups excluding carboxylic acids is 2. The molecule has 7 N–H and O–H groups in total. The lowest BCUT2D eigenvalue weighted by atomic mass is 10.0.